The van der Waals surface area contributed by atoms with Gasteiger partial charge >= 0.3 is 35.5 Å². The topological polar surface area (TPSA) is 42.0 Å². The minimum atomic E-state index is -2.84. The van der Waals surface area contributed by atoms with Gasteiger partial charge in [-0.3, -0.25) is 9.18 Å². The first-order chi connectivity index (χ1) is 43.0. The van der Waals surface area contributed by atoms with Crippen molar-refractivity contribution < 1.29 is 38.3 Å². The van der Waals surface area contributed by atoms with E-state index in [1.54, 1.807) is 11.3 Å². The number of carbonyl (C=O) groups excluding carboxylic acids is 1. The van der Waals surface area contributed by atoms with E-state index in [2.05, 4.69) is 292 Å². The Morgan fingerprint density at radius 1 is 0.483 bits per heavy atom. The molecule has 0 radical (unpaired) electrons. The van der Waals surface area contributed by atoms with Crippen LogP contribution in [0.3, 0.4) is 0 Å². The van der Waals surface area contributed by atoms with Gasteiger partial charge in [0, 0.05) is 70.6 Å². The van der Waals surface area contributed by atoms with E-state index >= 15 is 0 Å². The molecule has 0 fully saturated rings. The summed E-state index contributed by atoms with van der Waals surface area (Å²) in [5, 5.41) is 6.97. The van der Waals surface area contributed by atoms with Crippen LogP contribution in [0.1, 0.15) is 172 Å². The van der Waals surface area contributed by atoms with E-state index in [1.807, 2.05) is 12.1 Å². The van der Waals surface area contributed by atoms with Crippen LogP contribution in [-0.2, 0) is 0 Å². The maximum Gasteiger partial charge on any atom is 1.00 e. The molecular formula is C78H102FLiN2O3S2Si2. The molecule has 2 aromatic heterocycles. The zero-order valence-electron chi connectivity index (χ0n) is 56.9. The number of alkyl halides is 1. The number of thiophene rings is 2. The minimum absolute atomic E-state index is 0. The van der Waals surface area contributed by atoms with Crippen molar-refractivity contribution in [3.8, 4) is 11.5 Å². The molecule has 0 aliphatic rings. The van der Waals surface area contributed by atoms with Gasteiger partial charge in [-0.15, -0.1) is 22.7 Å². The first-order valence-electron chi connectivity index (χ1n) is 32.7. The second-order valence-corrected chi connectivity index (χ2v) is 34.8. The van der Waals surface area contributed by atoms with Gasteiger partial charge in [0.2, 0.25) is 0 Å². The van der Waals surface area contributed by atoms with Crippen molar-refractivity contribution in [2.45, 2.75) is 150 Å². The molecule has 8 rings (SSSR count). The Balaban J connectivity index is 0.000000345. The summed E-state index contributed by atoms with van der Waals surface area (Å²) in [5.41, 5.74) is 4.62. The summed E-state index contributed by atoms with van der Waals surface area (Å²) in [6, 6.07) is 65.3. The third-order valence-corrected chi connectivity index (χ3v) is 27.4. The molecular weight excluding hydrogens is 1160 g/mol. The summed E-state index contributed by atoms with van der Waals surface area (Å²) in [6.07, 6.45) is 21.3. The third kappa shape index (κ3) is 21.3. The second-order valence-electron chi connectivity index (χ2n) is 24.3. The molecule has 0 saturated carbocycles. The first kappa shape index (κ1) is 73.8. The largest absolute Gasteiger partial charge is 1.00 e. The molecule has 0 amide bonds. The van der Waals surface area contributed by atoms with Gasteiger partial charge in [-0.25, -0.2) is 0 Å². The maximum atomic E-state index is 11.3. The van der Waals surface area contributed by atoms with E-state index in [0.29, 0.717) is 0 Å². The van der Waals surface area contributed by atoms with Gasteiger partial charge in [0.1, 0.15) is 11.5 Å². The smallest absolute Gasteiger partial charge is 0.534 e. The summed E-state index contributed by atoms with van der Waals surface area (Å²) < 4.78 is 30.7. The monoisotopic (exact) mass is 1260 g/mol. The SMILES string of the molecule is CCCCN(CCCC)c1ccc(/C=C/c2ccc(C=O)s2)c(O[Si](c2ccccc2)(c2ccccc2)C(C)(C)C)c1.CCCCN(CCCC)c1ccc(C=Cc2cccs2)c(O[Si](c2ccccc2)(c2ccccc2)C(C)(C)C)c1.[2H]CF.[CH2-]CCC.[Li+]. The third-order valence-electron chi connectivity index (χ3n) is 15.7. The average molecular weight is 1260 g/mol. The number of aldehydes is 1. The van der Waals surface area contributed by atoms with Crippen LogP contribution in [0.4, 0.5) is 15.8 Å². The zero-order valence-corrected chi connectivity index (χ0v) is 59.5. The number of unbranched alkanes of at least 4 members (excludes halogenated alkanes) is 5. The van der Waals surface area contributed by atoms with E-state index in [9.17, 15) is 9.18 Å². The van der Waals surface area contributed by atoms with Gasteiger partial charge in [0.05, 0.1) is 13.4 Å². The van der Waals surface area contributed by atoms with Crippen molar-refractivity contribution >= 4 is 102 Å². The Morgan fingerprint density at radius 2 is 0.820 bits per heavy atom. The fourth-order valence-electron chi connectivity index (χ4n) is 10.9. The average Bonchev–Trinajstić information content (AvgIpc) is 1.30. The molecule has 0 atom stereocenters. The van der Waals surface area contributed by atoms with Gasteiger partial charge in [0.15, 0.2) is 6.29 Å². The molecule has 470 valence electrons. The van der Waals surface area contributed by atoms with Crippen LogP contribution in [0.5, 0.6) is 11.5 Å². The molecule has 11 heteroatoms. The van der Waals surface area contributed by atoms with Crippen molar-refractivity contribution in [2.24, 2.45) is 0 Å². The van der Waals surface area contributed by atoms with Crippen molar-refractivity contribution in [1.82, 2.24) is 0 Å². The molecule has 2 heterocycles. The van der Waals surface area contributed by atoms with E-state index in [0.717, 1.165) is 84.1 Å². The van der Waals surface area contributed by atoms with Crippen LogP contribution in [0.15, 0.2) is 187 Å². The van der Waals surface area contributed by atoms with Crippen molar-refractivity contribution in [2.75, 3.05) is 43.1 Å². The Kier molecular flexibility index (Phi) is 32.6. The number of anilines is 2. The van der Waals surface area contributed by atoms with E-state index in [1.165, 1.54) is 93.3 Å². The molecule has 0 spiro atoms. The number of benzene rings is 6. The predicted octanol–water partition coefficient (Wildman–Crippen LogP) is 17.6. The van der Waals surface area contributed by atoms with Gasteiger partial charge in [0.25, 0.3) is 0 Å². The van der Waals surface area contributed by atoms with E-state index < -0.39 is 23.8 Å². The van der Waals surface area contributed by atoms with Crippen molar-refractivity contribution in [3.05, 3.63) is 220 Å². The number of nitrogens with zero attached hydrogens (tertiary/aromatic N) is 2. The molecule has 0 bridgehead atoms. The number of hydrogen-bond donors (Lipinski definition) is 0. The molecule has 0 aliphatic carbocycles. The Bertz CT molecular complexity index is 3180. The van der Waals surface area contributed by atoms with Gasteiger partial charge in [-0.05, 0) is 129 Å². The number of halogens is 1. The quantitative estimate of drug-likeness (QED) is 0.0278. The van der Waals surface area contributed by atoms with Gasteiger partial charge < -0.3 is 25.6 Å². The summed E-state index contributed by atoms with van der Waals surface area (Å²) in [6.45, 7) is 33.0. The Labute approximate surface area is 561 Å². The molecule has 89 heavy (non-hydrogen) atoms. The summed E-state index contributed by atoms with van der Waals surface area (Å²) in [7, 11) is -6.61. The second kappa shape index (κ2) is 39.3. The normalized spacial score (nSPS) is 11.7. The van der Waals surface area contributed by atoms with Crippen molar-refractivity contribution in [3.63, 3.8) is 0 Å². The van der Waals surface area contributed by atoms with Crippen LogP contribution in [0.2, 0.25) is 10.1 Å². The molecule has 0 saturated heterocycles. The molecule has 5 nitrogen and oxygen atoms in total. The number of rotatable bonds is 28. The summed E-state index contributed by atoms with van der Waals surface area (Å²) in [5.74, 6) is 1.88. The molecule has 0 aliphatic heterocycles. The fourth-order valence-corrected chi connectivity index (χ4v) is 21.1. The number of carbonyl (C=O) groups is 1. The minimum Gasteiger partial charge on any atom is -0.534 e. The fraction of sp³-hybridized carbons (Fsp3) is 0.359. The molecule has 0 N–H and O–H groups in total. The summed E-state index contributed by atoms with van der Waals surface area (Å²) in [4.78, 5) is 19.4. The van der Waals surface area contributed by atoms with Gasteiger partial charge in [-0.1, -0.05) is 236 Å². The molecule has 6 aromatic carbocycles. The van der Waals surface area contributed by atoms with Gasteiger partial charge in [-0.2, -0.15) is 6.42 Å². The molecule has 8 aromatic rings. The Hall–Kier alpha value is -5.97. The Morgan fingerprint density at radius 3 is 1.10 bits per heavy atom. The first-order valence-corrected chi connectivity index (χ1v) is 37.5. The van der Waals surface area contributed by atoms with E-state index in [-0.39, 0.29) is 28.9 Å². The zero-order chi connectivity index (χ0) is 64.6. The standard InChI is InChI=1S/C37H45NO2SSi.C36H45NOSSi.C4H9.CH3F.Li/c1-6-8-26-38(27-9-7-2)31-22-20-30(21-23-32-24-25-33(29-39)41-32)36(28-31)40-42(37(3,4)5,34-16-12-10-13-17-34)35-18-14-11-15-19-35;1-6-8-26-37(27-9-7-2)31-24-22-30(23-25-32-17-16-28-39-32)35(29-31)38-40(36(3,4)5,33-18-12-10-13-19-33)34-20-14-11-15-21-34;1-3-4-2;1-2;/h10-25,28-29H,6-9,26-27H2,1-5H3;10-25,28-29H,6-9,26-27H2,1-5H3;1,3-4H2,2H3;1H3;/q;;-1;;+1/b23-21+;;;;/i;;;1D;. The van der Waals surface area contributed by atoms with Crippen LogP contribution in [0.25, 0.3) is 24.3 Å². The van der Waals surface area contributed by atoms with E-state index in [4.69, 9.17) is 10.2 Å². The predicted molar refractivity (Wildman–Crippen MR) is 393 cm³/mol. The van der Waals surface area contributed by atoms with Crippen LogP contribution >= 0.6 is 22.7 Å². The van der Waals surface area contributed by atoms with Crippen LogP contribution in [-0.4, -0.2) is 56.3 Å². The van der Waals surface area contributed by atoms with Crippen LogP contribution in [0, 0.1) is 6.92 Å². The molecule has 0 unspecified atom stereocenters. The van der Waals surface area contributed by atoms with Crippen molar-refractivity contribution in [1.29, 1.82) is 0 Å². The maximum absolute atomic E-state index is 11.3. The number of hydrogen-bond acceptors (Lipinski definition) is 7. The summed E-state index contributed by atoms with van der Waals surface area (Å²) >= 11 is 3.26. The van der Waals surface area contributed by atoms with Crippen LogP contribution < -0.4 is 58.3 Å².